The van der Waals surface area contributed by atoms with Crippen molar-refractivity contribution in [1.82, 2.24) is 15.3 Å². The lowest BCUT2D eigenvalue weighted by Gasteiger charge is -2.18. The third-order valence-electron chi connectivity index (χ3n) is 3.35. The number of aryl methyl sites for hydroxylation is 1. The first-order valence-corrected chi connectivity index (χ1v) is 7.41. The minimum absolute atomic E-state index is 0.311. The van der Waals surface area contributed by atoms with Crippen molar-refractivity contribution < 1.29 is 0 Å². The molecule has 2 rings (SSSR count). The van der Waals surface area contributed by atoms with Crippen LogP contribution in [0.1, 0.15) is 43.3 Å². The van der Waals surface area contributed by atoms with Crippen molar-refractivity contribution in [2.75, 3.05) is 6.54 Å². The molecule has 1 heterocycles. The molecule has 0 aliphatic heterocycles. The van der Waals surface area contributed by atoms with E-state index in [2.05, 4.69) is 65.5 Å². The van der Waals surface area contributed by atoms with Crippen molar-refractivity contribution in [3.05, 3.63) is 59.7 Å². The first-order valence-electron chi connectivity index (χ1n) is 7.41. The highest BCUT2D eigenvalue weighted by molar-refractivity contribution is 5.21. The Kier molecular flexibility index (Phi) is 5.69. The molecule has 1 aromatic heterocycles. The maximum absolute atomic E-state index is 4.42. The second kappa shape index (κ2) is 7.75. The number of likely N-dealkylation sites (N-methyl/N-ethyl adjacent to an activating group) is 1. The van der Waals surface area contributed by atoms with Gasteiger partial charge >= 0.3 is 0 Å². The summed E-state index contributed by atoms with van der Waals surface area (Å²) in [5.41, 5.74) is 3.56. The van der Waals surface area contributed by atoms with E-state index in [9.17, 15) is 0 Å². The molecule has 0 spiro atoms. The fourth-order valence-electron chi connectivity index (χ4n) is 2.40. The molecule has 0 amide bonds. The number of benzene rings is 1. The van der Waals surface area contributed by atoms with E-state index in [1.54, 1.807) is 6.33 Å². The molecule has 0 bridgehead atoms. The van der Waals surface area contributed by atoms with Crippen LogP contribution in [-0.4, -0.2) is 16.5 Å². The molecule has 0 aliphatic carbocycles. The number of rotatable bonds is 7. The Bertz CT molecular complexity index is 511. The van der Waals surface area contributed by atoms with Gasteiger partial charge in [-0.05, 0) is 24.6 Å². The van der Waals surface area contributed by atoms with Crippen molar-refractivity contribution in [2.24, 2.45) is 0 Å². The summed E-state index contributed by atoms with van der Waals surface area (Å²) in [6.45, 7) is 5.26. The lowest BCUT2D eigenvalue weighted by Crippen LogP contribution is -2.23. The summed E-state index contributed by atoms with van der Waals surface area (Å²) in [5, 5.41) is 3.54. The van der Waals surface area contributed by atoms with Crippen LogP contribution < -0.4 is 5.32 Å². The third kappa shape index (κ3) is 4.14. The van der Waals surface area contributed by atoms with E-state index in [0.29, 0.717) is 6.04 Å². The molecule has 3 heteroatoms. The van der Waals surface area contributed by atoms with Crippen LogP contribution in [0.4, 0.5) is 0 Å². The highest BCUT2D eigenvalue weighted by Gasteiger charge is 2.12. The summed E-state index contributed by atoms with van der Waals surface area (Å²) in [4.78, 5) is 8.74. The van der Waals surface area contributed by atoms with E-state index in [1.807, 2.05) is 0 Å². The Balaban J connectivity index is 2.14. The first kappa shape index (κ1) is 14.7. The van der Waals surface area contributed by atoms with Gasteiger partial charge in [0.2, 0.25) is 0 Å². The largest absolute Gasteiger partial charge is 0.310 e. The van der Waals surface area contributed by atoms with E-state index in [-0.39, 0.29) is 0 Å². The van der Waals surface area contributed by atoms with Gasteiger partial charge in [0.1, 0.15) is 6.33 Å². The Morgan fingerprint density at radius 1 is 1.05 bits per heavy atom. The van der Waals surface area contributed by atoms with Crippen LogP contribution in [0.25, 0.3) is 0 Å². The first-order chi connectivity index (χ1) is 9.83. The van der Waals surface area contributed by atoms with E-state index in [0.717, 1.165) is 37.2 Å². The zero-order chi connectivity index (χ0) is 14.2. The number of hydrogen-bond acceptors (Lipinski definition) is 3. The minimum Gasteiger partial charge on any atom is -0.310 e. The Morgan fingerprint density at radius 2 is 1.80 bits per heavy atom. The van der Waals surface area contributed by atoms with Gasteiger partial charge in [-0.25, -0.2) is 9.97 Å². The molecular weight excluding hydrogens is 246 g/mol. The van der Waals surface area contributed by atoms with Crippen molar-refractivity contribution in [3.8, 4) is 0 Å². The van der Waals surface area contributed by atoms with Crippen molar-refractivity contribution >= 4 is 0 Å². The number of aromatic nitrogens is 2. The maximum Gasteiger partial charge on any atom is 0.115 e. The lowest BCUT2D eigenvalue weighted by atomic mass is 10.0. The molecule has 2 aromatic rings. The fraction of sp³-hybridized carbons (Fsp3) is 0.412. The number of nitrogens with zero attached hydrogens (tertiary/aromatic N) is 2. The average Bonchev–Trinajstić information content (AvgIpc) is 2.48. The quantitative estimate of drug-likeness (QED) is 0.838. The van der Waals surface area contributed by atoms with Crippen LogP contribution in [0, 0.1) is 0 Å². The molecular formula is C17H23N3. The third-order valence-corrected chi connectivity index (χ3v) is 3.35. The second-order valence-corrected chi connectivity index (χ2v) is 4.98. The van der Waals surface area contributed by atoms with Gasteiger partial charge in [0, 0.05) is 23.9 Å². The number of hydrogen-bond donors (Lipinski definition) is 1. The van der Waals surface area contributed by atoms with Gasteiger partial charge in [0.05, 0.1) is 0 Å². The van der Waals surface area contributed by atoms with Gasteiger partial charge < -0.3 is 5.32 Å². The zero-order valence-electron chi connectivity index (χ0n) is 12.3. The van der Waals surface area contributed by atoms with Gasteiger partial charge in [-0.2, -0.15) is 0 Å². The summed E-state index contributed by atoms with van der Waals surface area (Å²) in [6.07, 6.45) is 4.73. The Labute approximate surface area is 121 Å². The topological polar surface area (TPSA) is 37.8 Å². The highest BCUT2D eigenvalue weighted by Crippen LogP contribution is 2.17. The molecule has 0 saturated heterocycles. The summed E-state index contributed by atoms with van der Waals surface area (Å²) in [7, 11) is 0. The van der Waals surface area contributed by atoms with Crippen molar-refractivity contribution in [3.63, 3.8) is 0 Å². The maximum atomic E-state index is 4.42. The summed E-state index contributed by atoms with van der Waals surface area (Å²) in [6, 6.07) is 13.0. The molecule has 1 atom stereocenters. The fourth-order valence-corrected chi connectivity index (χ4v) is 2.40. The Hall–Kier alpha value is -1.74. The predicted molar refractivity (Wildman–Crippen MR) is 82.6 cm³/mol. The molecule has 0 aliphatic rings. The van der Waals surface area contributed by atoms with Crippen LogP contribution in [0.15, 0.2) is 42.7 Å². The molecule has 106 valence electrons. The van der Waals surface area contributed by atoms with Crippen LogP contribution >= 0.6 is 0 Å². The summed E-state index contributed by atoms with van der Waals surface area (Å²) < 4.78 is 0. The van der Waals surface area contributed by atoms with Crippen LogP contribution in [0.2, 0.25) is 0 Å². The number of nitrogens with one attached hydrogen (secondary N) is 1. The van der Waals surface area contributed by atoms with Gasteiger partial charge in [-0.15, -0.1) is 0 Å². The molecule has 0 saturated carbocycles. The molecule has 1 N–H and O–H groups in total. The summed E-state index contributed by atoms with van der Waals surface area (Å²) in [5.74, 6) is 0. The molecule has 0 radical (unpaired) electrons. The average molecular weight is 269 g/mol. The predicted octanol–water partition coefficient (Wildman–Crippen LogP) is 3.32. The van der Waals surface area contributed by atoms with Crippen LogP contribution in [0.3, 0.4) is 0 Å². The molecule has 0 fully saturated rings. The minimum atomic E-state index is 0.311. The molecule has 3 nitrogen and oxygen atoms in total. The second-order valence-electron chi connectivity index (χ2n) is 4.98. The van der Waals surface area contributed by atoms with Gasteiger partial charge in [0.15, 0.2) is 0 Å². The molecule has 1 aromatic carbocycles. The SMILES string of the molecule is CCCc1cc(CC(NCC)c2ccccc2)ncn1. The van der Waals surface area contributed by atoms with E-state index in [4.69, 9.17) is 0 Å². The van der Waals surface area contributed by atoms with Crippen LogP contribution in [0.5, 0.6) is 0 Å². The van der Waals surface area contributed by atoms with Crippen molar-refractivity contribution in [2.45, 2.75) is 39.2 Å². The van der Waals surface area contributed by atoms with Crippen molar-refractivity contribution in [1.29, 1.82) is 0 Å². The molecule has 1 unspecified atom stereocenters. The van der Waals surface area contributed by atoms with Gasteiger partial charge in [0.25, 0.3) is 0 Å². The van der Waals surface area contributed by atoms with Gasteiger partial charge in [-0.1, -0.05) is 50.6 Å². The monoisotopic (exact) mass is 269 g/mol. The zero-order valence-corrected chi connectivity index (χ0v) is 12.3. The van der Waals surface area contributed by atoms with E-state index < -0.39 is 0 Å². The van der Waals surface area contributed by atoms with Crippen LogP contribution in [-0.2, 0) is 12.8 Å². The Morgan fingerprint density at radius 3 is 2.50 bits per heavy atom. The molecule has 20 heavy (non-hydrogen) atoms. The van der Waals surface area contributed by atoms with E-state index >= 15 is 0 Å². The van der Waals surface area contributed by atoms with Gasteiger partial charge in [-0.3, -0.25) is 0 Å². The van der Waals surface area contributed by atoms with E-state index in [1.165, 1.54) is 5.56 Å². The highest BCUT2D eigenvalue weighted by atomic mass is 14.9. The standard InChI is InChI=1S/C17H23N3/c1-3-8-15-11-16(20-13-19-15)12-17(18-4-2)14-9-6-5-7-10-14/h5-7,9-11,13,17-18H,3-4,8,12H2,1-2H3. The summed E-state index contributed by atoms with van der Waals surface area (Å²) >= 11 is 0. The smallest absolute Gasteiger partial charge is 0.115 e. The lowest BCUT2D eigenvalue weighted by molar-refractivity contribution is 0.543. The normalized spacial score (nSPS) is 12.3.